The Morgan fingerprint density at radius 1 is 0.885 bits per heavy atom. The molecule has 0 aliphatic carbocycles. The van der Waals surface area contributed by atoms with E-state index in [1.165, 1.54) is 6.08 Å². The van der Waals surface area contributed by atoms with Crippen LogP contribution in [0.2, 0.25) is 0 Å². The second kappa shape index (κ2) is 9.36. The molecule has 0 atom stereocenters. The van der Waals surface area contributed by atoms with Crippen LogP contribution in [0.25, 0.3) is 6.08 Å². The second-order valence-corrected chi connectivity index (χ2v) is 5.39. The van der Waals surface area contributed by atoms with E-state index in [0.717, 1.165) is 11.1 Å². The van der Waals surface area contributed by atoms with Gasteiger partial charge in [0.25, 0.3) is 0 Å². The maximum atomic E-state index is 12.1. The summed E-state index contributed by atoms with van der Waals surface area (Å²) in [5.41, 5.74) is 1.72. The molecule has 2 rings (SSSR count). The van der Waals surface area contributed by atoms with Gasteiger partial charge in [-0.05, 0) is 41.5 Å². The smallest absolute Gasteiger partial charge is 0.244 e. The zero-order valence-corrected chi connectivity index (χ0v) is 15.4. The van der Waals surface area contributed by atoms with Gasteiger partial charge in [-0.25, -0.2) is 0 Å². The van der Waals surface area contributed by atoms with Crippen molar-refractivity contribution in [3.63, 3.8) is 0 Å². The Labute approximate surface area is 153 Å². The summed E-state index contributed by atoms with van der Waals surface area (Å²) >= 11 is 0. The molecule has 0 heterocycles. The summed E-state index contributed by atoms with van der Waals surface area (Å²) in [6.07, 6.45) is 3.17. The number of benzene rings is 2. The number of methoxy groups -OCH3 is 4. The van der Waals surface area contributed by atoms with Gasteiger partial charge in [-0.3, -0.25) is 4.79 Å². The molecule has 0 fully saturated rings. The first kappa shape index (κ1) is 19.2. The van der Waals surface area contributed by atoms with Gasteiger partial charge < -0.3 is 24.3 Å². The zero-order chi connectivity index (χ0) is 18.9. The molecule has 0 aromatic heterocycles. The van der Waals surface area contributed by atoms with Crippen LogP contribution in [-0.4, -0.2) is 34.3 Å². The van der Waals surface area contributed by atoms with Gasteiger partial charge in [0.05, 0.1) is 28.4 Å². The van der Waals surface area contributed by atoms with Crippen molar-refractivity contribution in [2.45, 2.75) is 6.54 Å². The number of hydrogen-bond acceptors (Lipinski definition) is 5. The van der Waals surface area contributed by atoms with E-state index < -0.39 is 0 Å². The van der Waals surface area contributed by atoms with Gasteiger partial charge in [0.2, 0.25) is 5.91 Å². The van der Waals surface area contributed by atoms with Gasteiger partial charge in [0, 0.05) is 18.7 Å². The molecular formula is C20H23NO5. The van der Waals surface area contributed by atoms with Crippen LogP contribution in [0, 0.1) is 0 Å². The third-order valence-corrected chi connectivity index (χ3v) is 3.72. The van der Waals surface area contributed by atoms with Crippen molar-refractivity contribution in [3.8, 4) is 23.0 Å². The van der Waals surface area contributed by atoms with Crippen LogP contribution < -0.4 is 24.3 Å². The summed E-state index contributed by atoms with van der Waals surface area (Å²) in [6, 6.07) is 10.9. The topological polar surface area (TPSA) is 66.0 Å². The highest BCUT2D eigenvalue weighted by Gasteiger charge is 2.05. The number of carbonyl (C=O) groups is 1. The van der Waals surface area contributed by atoms with E-state index >= 15 is 0 Å². The maximum Gasteiger partial charge on any atom is 0.244 e. The number of nitrogens with one attached hydrogen (secondary N) is 1. The molecule has 0 saturated heterocycles. The summed E-state index contributed by atoms with van der Waals surface area (Å²) in [6.45, 7) is 0.380. The van der Waals surface area contributed by atoms with E-state index in [0.29, 0.717) is 29.5 Å². The SMILES string of the molecule is COc1cc(/C=C/C(=O)NCc2ccc(OC)c(OC)c2)cc(OC)c1. The highest BCUT2D eigenvalue weighted by atomic mass is 16.5. The van der Waals surface area contributed by atoms with E-state index in [9.17, 15) is 4.79 Å². The molecule has 138 valence electrons. The van der Waals surface area contributed by atoms with Crippen molar-refractivity contribution < 1.29 is 23.7 Å². The number of carbonyl (C=O) groups excluding carboxylic acids is 1. The molecule has 0 aliphatic heterocycles. The average Bonchev–Trinajstić information content (AvgIpc) is 2.69. The highest BCUT2D eigenvalue weighted by Crippen LogP contribution is 2.27. The molecule has 2 aromatic carbocycles. The van der Waals surface area contributed by atoms with Crippen LogP contribution >= 0.6 is 0 Å². The molecule has 26 heavy (non-hydrogen) atoms. The highest BCUT2D eigenvalue weighted by molar-refractivity contribution is 5.91. The third-order valence-electron chi connectivity index (χ3n) is 3.72. The number of hydrogen-bond donors (Lipinski definition) is 1. The third kappa shape index (κ3) is 5.17. The van der Waals surface area contributed by atoms with Gasteiger partial charge in [0.15, 0.2) is 11.5 Å². The molecule has 1 amide bonds. The second-order valence-electron chi connectivity index (χ2n) is 5.39. The van der Waals surface area contributed by atoms with Gasteiger partial charge in [-0.1, -0.05) is 6.07 Å². The minimum Gasteiger partial charge on any atom is -0.497 e. The van der Waals surface area contributed by atoms with Crippen molar-refractivity contribution in [2.24, 2.45) is 0 Å². The lowest BCUT2D eigenvalue weighted by Crippen LogP contribution is -2.20. The molecule has 2 aromatic rings. The lowest BCUT2D eigenvalue weighted by Gasteiger charge is -2.09. The summed E-state index contributed by atoms with van der Waals surface area (Å²) in [4.78, 5) is 12.1. The van der Waals surface area contributed by atoms with Gasteiger partial charge >= 0.3 is 0 Å². The molecule has 6 nitrogen and oxygen atoms in total. The summed E-state index contributed by atoms with van der Waals surface area (Å²) in [7, 11) is 6.32. The van der Waals surface area contributed by atoms with Gasteiger partial charge in [-0.15, -0.1) is 0 Å². The first-order chi connectivity index (χ1) is 12.6. The Morgan fingerprint density at radius 2 is 1.54 bits per heavy atom. The summed E-state index contributed by atoms with van der Waals surface area (Å²) in [5.74, 6) is 2.39. The lowest BCUT2D eigenvalue weighted by molar-refractivity contribution is -0.116. The maximum absolute atomic E-state index is 12.1. The fourth-order valence-electron chi connectivity index (χ4n) is 2.34. The molecule has 0 radical (unpaired) electrons. The predicted molar refractivity (Wildman–Crippen MR) is 100.0 cm³/mol. The van der Waals surface area contributed by atoms with Crippen molar-refractivity contribution in [1.82, 2.24) is 5.32 Å². The Kier molecular flexibility index (Phi) is 6.91. The Balaban J connectivity index is 1.99. The largest absolute Gasteiger partial charge is 0.497 e. The lowest BCUT2D eigenvalue weighted by atomic mass is 10.1. The molecule has 0 saturated carbocycles. The van der Waals surface area contributed by atoms with Crippen molar-refractivity contribution >= 4 is 12.0 Å². The van der Waals surface area contributed by atoms with Crippen molar-refractivity contribution in [3.05, 3.63) is 53.6 Å². The molecule has 0 unspecified atom stereocenters. The molecule has 0 spiro atoms. The van der Waals surface area contributed by atoms with E-state index in [1.807, 2.05) is 24.3 Å². The van der Waals surface area contributed by atoms with Gasteiger partial charge in [0.1, 0.15) is 11.5 Å². The van der Waals surface area contributed by atoms with Crippen molar-refractivity contribution in [2.75, 3.05) is 28.4 Å². The predicted octanol–water partition coefficient (Wildman–Crippen LogP) is 3.05. The van der Waals surface area contributed by atoms with Gasteiger partial charge in [-0.2, -0.15) is 0 Å². The van der Waals surface area contributed by atoms with Crippen LogP contribution in [-0.2, 0) is 11.3 Å². The zero-order valence-electron chi connectivity index (χ0n) is 15.4. The van der Waals surface area contributed by atoms with E-state index in [2.05, 4.69) is 5.32 Å². The number of amides is 1. The summed E-state index contributed by atoms with van der Waals surface area (Å²) < 4.78 is 20.9. The van der Waals surface area contributed by atoms with E-state index in [-0.39, 0.29) is 5.91 Å². The van der Waals surface area contributed by atoms with Crippen LogP contribution in [0.3, 0.4) is 0 Å². The normalized spacial score (nSPS) is 10.5. The number of rotatable bonds is 8. The molecular weight excluding hydrogens is 334 g/mol. The standard InChI is InChI=1S/C20H23NO5/c1-23-16-9-14(10-17(12-16)24-2)6-8-20(22)21-13-15-5-7-18(25-3)19(11-15)26-4/h5-12H,13H2,1-4H3,(H,21,22)/b8-6+. The first-order valence-electron chi connectivity index (χ1n) is 7.99. The van der Waals surface area contributed by atoms with Crippen LogP contribution in [0.1, 0.15) is 11.1 Å². The van der Waals surface area contributed by atoms with E-state index in [1.54, 1.807) is 46.6 Å². The quantitative estimate of drug-likeness (QED) is 0.736. The average molecular weight is 357 g/mol. The summed E-state index contributed by atoms with van der Waals surface area (Å²) in [5, 5.41) is 2.83. The van der Waals surface area contributed by atoms with Crippen LogP contribution in [0.4, 0.5) is 0 Å². The molecule has 6 heteroatoms. The minimum absolute atomic E-state index is 0.207. The van der Waals surface area contributed by atoms with Crippen LogP contribution in [0.5, 0.6) is 23.0 Å². The molecule has 1 N–H and O–H groups in total. The van der Waals surface area contributed by atoms with Crippen LogP contribution in [0.15, 0.2) is 42.5 Å². The van der Waals surface area contributed by atoms with Crippen molar-refractivity contribution in [1.29, 1.82) is 0 Å². The monoisotopic (exact) mass is 357 g/mol. The Bertz CT molecular complexity index is 764. The van der Waals surface area contributed by atoms with E-state index in [4.69, 9.17) is 18.9 Å². The first-order valence-corrected chi connectivity index (χ1v) is 7.99. The Hall–Kier alpha value is -3.15. The fraction of sp³-hybridized carbons (Fsp3) is 0.250. The fourth-order valence-corrected chi connectivity index (χ4v) is 2.34. The Morgan fingerprint density at radius 3 is 2.12 bits per heavy atom. The molecule has 0 aliphatic rings. The minimum atomic E-state index is -0.207. The number of ether oxygens (including phenoxy) is 4. The molecule has 0 bridgehead atoms.